The van der Waals surface area contributed by atoms with Crippen LogP contribution in [0.1, 0.15) is 40.4 Å². The number of aromatic nitrogens is 2. The van der Waals surface area contributed by atoms with E-state index in [-0.39, 0.29) is 29.8 Å². The molecular formula is C17H20FN3O2. The zero-order valence-electron chi connectivity index (χ0n) is 13.2. The van der Waals surface area contributed by atoms with E-state index in [9.17, 15) is 14.3 Å². The summed E-state index contributed by atoms with van der Waals surface area (Å²) < 4.78 is 14.9. The Morgan fingerprint density at radius 2 is 2.22 bits per heavy atom. The fourth-order valence-corrected chi connectivity index (χ4v) is 3.08. The van der Waals surface area contributed by atoms with Crippen LogP contribution in [0.5, 0.6) is 0 Å². The third-order valence-corrected chi connectivity index (χ3v) is 4.42. The monoisotopic (exact) mass is 317 g/mol. The Labute approximate surface area is 134 Å². The molecule has 1 aromatic carbocycles. The molecule has 1 aromatic heterocycles. The number of halogens is 1. The number of hydrogen-bond acceptors (Lipinski definition) is 3. The van der Waals surface area contributed by atoms with Gasteiger partial charge in [0.1, 0.15) is 5.82 Å². The number of amides is 1. The fourth-order valence-electron chi connectivity index (χ4n) is 3.08. The number of carbonyl (C=O) groups is 1. The molecule has 0 aliphatic heterocycles. The van der Waals surface area contributed by atoms with Crippen LogP contribution >= 0.6 is 0 Å². The Morgan fingerprint density at radius 3 is 2.78 bits per heavy atom. The molecule has 1 aliphatic carbocycles. The van der Waals surface area contributed by atoms with Crippen molar-refractivity contribution in [3.63, 3.8) is 0 Å². The van der Waals surface area contributed by atoms with E-state index in [0.717, 1.165) is 5.56 Å². The quantitative estimate of drug-likeness (QED) is 0.907. The third-order valence-electron chi connectivity index (χ3n) is 4.42. The van der Waals surface area contributed by atoms with E-state index in [0.29, 0.717) is 24.0 Å². The summed E-state index contributed by atoms with van der Waals surface area (Å²) in [6, 6.07) is 3.93. The topological polar surface area (TPSA) is 67.2 Å². The SMILES string of the molecule is Cc1cc(F)ccc1C(=O)N[C@@H](c1cnn(C)c1)C1CC(O)C1. The number of benzene rings is 1. The van der Waals surface area contributed by atoms with Crippen LogP contribution in [0.4, 0.5) is 4.39 Å². The highest BCUT2D eigenvalue weighted by Gasteiger charge is 2.36. The van der Waals surface area contributed by atoms with E-state index >= 15 is 0 Å². The molecule has 3 rings (SSSR count). The highest BCUT2D eigenvalue weighted by atomic mass is 19.1. The lowest BCUT2D eigenvalue weighted by Gasteiger charge is -2.37. The average Bonchev–Trinajstić information content (AvgIpc) is 2.88. The van der Waals surface area contributed by atoms with Crippen molar-refractivity contribution < 1.29 is 14.3 Å². The summed E-state index contributed by atoms with van der Waals surface area (Å²) in [7, 11) is 1.82. The maximum Gasteiger partial charge on any atom is 0.252 e. The molecule has 6 heteroatoms. The predicted octanol–water partition coefficient (Wildman–Crippen LogP) is 2.11. The smallest absolute Gasteiger partial charge is 0.252 e. The molecule has 0 radical (unpaired) electrons. The lowest BCUT2D eigenvalue weighted by atomic mass is 9.75. The lowest BCUT2D eigenvalue weighted by molar-refractivity contribution is 0.0235. The number of hydrogen-bond donors (Lipinski definition) is 2. The molecule has 1 aliphatic rings. The molecule has 23 heavy (non-hydrogen) atoms. The fraction of sp³-hybridized carbons (Fsp3) is 0.412. The molecule has 1 saturated carbocycles. The second-order valence-corrected chi connectivity index (χ2v) is 6.24. The van der Waals surface area contributed by atoms with E-state index < -0.39 is 0 Å². The second kappa shape index (κ2) is 6.12. The molecule has 0 bridgehead atoms. The lowest BCUT2D eigenvalue weighted by Crippen LogP contribution is -2.41. The Kier molecular flexibility index (Phi) is 4.17. The van der Waals surface area contributed by atoms with Gasteiger partial charge in [-0.1, -0.05) is 0 Å². The van der Waals surface area contributed by atoms with Crippen molar-refractivity contribution in [2.75, 3.05) is 0 Å². The van der Waals surface area contributed by atoms with Crippen LogP contribution < -0.4 is 5.32 Å². The zero-order valence-corrected chi connectivity index (χ0v) is 13.2. The van der Waals surface area contributed by atoms with Crippen LogP contribution in [0.3, 0.4) is 0 Å². The summed E-state index contributed by atoms with van der Waals surface area (Å²) in [6.07, 6.45) is 4.61. The molecular weight excluding hydrogens is 297 g/mol. The summed E-state index contributed by atoms with van der Waals surface area (Å²) in [4.78, 5) is 12.6. The Hall–Kier alpha value is -2.21. The van der Waals surface area contributed by atoms with Gasteiger partial charge in [-0.25, -0.2) is 4.39 Å². The van der Waals surface area contributed by atoms with E-state index in [1.54, 1.807) is 17.8 Å². The van der Waals surface area contributed by atoms with Crippen molar-refractivity contribution in [3.8, 4) is 0 Å². The number of nitrogens with one attached hydrogen (secondary N) is 1. The minimum Gasteiger partial charge on any atom is -0.393 e. The zero-order chi connectivity index (χ0) is 16.6. The average molecular weight is 317 g/mol. The number of aliphatic hydroxyl groups excluding tert-OH is 1. The van der Waals surface area contributed by atoms with Gasteiger partial charge < -0.3 is 10.4 Å². The molecule has 1 fully saturated rings. The Balaban J connectivity index is 1.81. The number of nitrogens with zero attached hydrogens (tertiary/aromatic N) is 2. The predicted molar refractivity (Wildman–Crippen MR) is 83.3 cm³/mol. The Morgan fingerprint density at radius 1 is 1.48 bits per heavy atom. The summed E-state index contributed by atoms with van der Waals surface area (Å²) in [5, 5.41) is 16.7. The van der Waals surface area contributed by atoms with Gasteiger partial charge in [0, 0.05) is 24.4 Å². The summed E-state index contributed by atoms with van der Waals surface area (Å²) in [6.45, 7) is 1.71. The maximum absolute atomic E-state index is 13.2. The summed E-state index contributed by atoms with van der Waals surface area (Å²) >= 11 is 0. The highest BCUT2D eigenvalue weighted by molar-refractivity contribution is 5.95. The molecule has 1 amide bonds. The molecule has 0 spiro atoms. The van der Waals surface area contributed by atoms with Gasteiger partial charge in [-0.15, -0.1) is 0 Å². The van der Waals surface area contributed by atoms with Crippen molar-refractivity contribution in [2.45, 2.75) is 31.9 Å². The van der Waals surface area contributed by atoms with Crippen molar-refractivity contribution >= 4 is 5.91 Å². The minimum atomic E-state index is -0.357. The van der Waals surface area contributed by atoms with Crippen LogP contribution in [0.25, 0.3) is 0 Å². The van der Waals surface area contributed by atoms with Crippen LogP contribution in [0, 0.1) is 18.7 Å². The van der Waals surface area contributed by atoms with Crippen molar-refractivity contribution in [1.82, 2.24) is 15.1 Å². The standard InChI is InChI=1S/C17H20FN3O2/c1-10-5-13(18)3-4-15(10)17(23)20-16(11-6-14(22)7-11)12-8-19-21(2)9-12/h3-5,8-9,11,14,16,22H,6-7H2,1-2H3,(H,20,23)/t11?,14?,16-/m1/s1. The molecule has 2 N–H and O–H groups in total. The van der Waals surface area contributed by atoms with Crippen LogP contribution in [0.15, 0.2) is 30.6 Å². The van der Waals surface area contributed by atoms with Gasteiger partial charge in [0.2, 0.25) is 0 Å². The first-order valence-corrected chi connectivity index (χ1v) is 7.67. The molecule has 1 heterocycles. The van der Waals surface area contributed by atoms with Crippen molar-refractivity contribution in [1.29, 1.82) is 0 Å². The van der Waals surface area contributed by atoms with Gasteiger partial charge >= 0.3 is 0 Å². The van der Waals surface area contributed by atoms with Crippen LogP contribution in [0.2, 0.25) is 0 Å². The summed E-state index contributed by atoms with van der Waals surface area (Å²) in [5.74, 6) is -0.415. The largest absolute Gasteiger partial charge is 0.393 e. The van der Waals surface area contributed by atoms with E-state index in [4.69, 9.17) is 0 Å². The molecule has 122 valence electrons. The highest BCUT2D eigenvalue weighted by Crippen LogP contribution is 2.38. The van der Waals surface area contributed by atoms with E-state index in [1.807, 2.05) is 13.2 Å². The Bertz CT molecular complexity index is 722. The third kappa shape index (κ3) is 3.27. The van der Waals surface area contributed by atoms with E-state index in [1.165, 1.54) is 18.2 Å². The van der Waals surface area contributed by atoms with E-state index in [2.05, 4.69) is 10.4 Å². The normalized spacial score (nSPS) is 21.6. The molecule has 5 nitrogen and oxygen atoms in total. The number of aliphatic hydroxyl groups is 1. The summed E-state index contributed by atoms with van der Waals surface area (Å²) in [5.41, 5.74) is 1.97. The van der Waals surface area contributed by atoms with Crippen LogP contribution in [-0.4, -0.2) is 26.9 Å². The molecule has 0 saturated heterocycles. The van der Waals surface area contributed by atoms with Gasteiger partial charge in [-0.05, 0) is 49.4 Å². The van der Waals surface area contributed by atoms with Gasteiger partial charge in [0.05, 0.1) is 18.3 Å². The molecule has 0 unspecified atom stereocenters. The maximum atomic E-state index is 13.2. The number of carbonyl (C=O) groups excluding carboxylic acids is 1. The van der Waals surface area contributed by atoms with Crippen LogP contribution in [-0.2, 0) is 7.05 Å². The first-order chi connectivity index (χ1) is 10.9. The minimum absolute atomic E-state index is 0.180. The number of aryl methyl sites for hydroxylation is 2. The van der Waals surface area contributed by atoms with Gasteiger partial charge in [0.25, 0.3) is 5.91 Å². The van der Waals surface area contributed by atoms with Crippen molar-refractivity contribution in [3.05, 3.63) is 53.1 Å². The molecule has 1 atom stereocenters. The number of rotatable bonds is 4. The first kappa shape index (κ1) is 15.7. The van der Waals surface area contributed by atoms with Gasteiger partial charge in [-0.3, -0.25) is 9.48 Å². The second-order valence-electron chi connectivity index (χ2n) is 6.24. The first-order valence-electron chi connectivity index (χ1n) is 7.67. The van der Waals surface area contributed by atoms with Gasteiger partial charge in [0.15, 0.2) is 0 Å². The molecule has 2 aromatic rings. The van der Waals surface area contributed by atoms with Crippen molar-refractivity contribution in [2.24, 2.45) is 13.0 Å². The van der Waals surface area contributed by atoms with Gasteiger partial charge in [-0.2, -0.15) is 5.10 Å².